The predicted molar refractivity (Wildman–Crippen MR) is 65.1 cm³/mol. The number of thiol groups is 1. The molecule has 2 aliphatic rings. The van der Waals surface area contributed by atoms with E-state index in [1.54, 1.807) is 0 Å². The SMILES string of the molecule is CCN(CC1CC1)C(=O)CC1(CS)CC1. The molecule has 0 aliphatic heterocycles. The Kier molecular flexibility index (Phi) is 3.29. The van der Waals surface area contributed by atoms with Gasteiger partial charge in [0, 0.05) is 19.5 Å². The molecule has 15 heavy (non-hydrogen) atoms. The van der Waals surface area contributed by atoms with Gasteiger partial charge in [-0.2, -0.15) is 12.6 Å². The van der Waals surface area contributed by atoms with E-state index in [-0.39, 0.29) is 5.41 Å². The van der Waals surface area contributed by atoms with Crippen molar-refractivity contribution in [3.63, 3.8) is 0 Å². The second kappa shape index (κ2) is 4.36. The summed E-state index contributed by atoms with van der Waals surface area (Å²) in [5, 5.41) is 0. The maximum atomic E-state index is 12.0. The van der Waals surface area contributed by atoms with Gasteiger partial charge in [-0.3, -0.25) is 4.79 Å². The molecule has 0 spiro atoms. The molecule has 0 aromatic rings. The van der Waals surface area contributed by atoms with Gasteiger partial charge in [0.05, 0.1) is 0 Å². The van der Waals surface area contributed by atoms with E-state index in [0.29, 0.717) is 5.91 Å². The zero-order valence-electron chi connectivity index (χ0n) is 9.54. The van der Waals surface area contributed by atoms with Crippen LogP contribution in [0.2, 0.25) is 0 Å². The van der Waals surface area contributed by atoms with Crippen LogP contribution in [0, 0.1) is 11.3 Å². The Balaban J connectivity index is 1.81. The standard InChI is InChI=1S/C12H21NOS/c1-2-13(8-10-3-4-10)11(14)7-12(9-15)5-6-12/h10,15H,2-9H2,1H3. The molecule has 2 fully saturated rings. The summed E-state index contributed by atoms with van der Waals surface area (Å²) in [4.78, 5) is 14.1. The zero-order chi connectivity index (χ0) is 10.9. The molecule has 0 heterocycles. The fraction of sp³-hybridized carbons (Fsp3) is 0.917. The van der Waals surface area contributed by atoms with Crippen molar-refractivity contribution in [1.82, 2.24) is 4.90 Å². The number of rotatable bonds is 6. The van der Waals surface area contributed by atoms with Crippen LogP contribution in [-0.4, -0.2) is 29.6 Å². The van der Waals surface area contributed by atoms with E-state index in [2.05, 4.69) is 19.6 Å². The summed E-state index contributed by atoms with van der Waals surface area (Å²) in [5.41, 5.74) is 0.275. The first-order valence-electron chi connectivity index (χ1n) is 6.08. The molecule has 2 saturated carbocycles. The molecular weight excluding hydrogens is 206 g/mol. The summed E-state index contributed by atoms with van der Waals surface area (Å²) in [7, 11) is 0. The number of hydrogen-bond donors (Lipinski definition) is 1. The number of carbonyl (C=O) groups is 1. The van der Waals surface area contributed by atoms with Gasteiger partial charge in [-0.05, 0) is 49.7 Å². The Morgan fingerprint density at radius 3 is 2.53 bits per heavy atom. The molecule has 3 heteroatoms. The van der Waals surface area contributed by atoms with Crippen molar-refractivity contribution in [2.24, 2.45) is 11.3 Å². The third-order valence-corrected chi connectivity index (χ3v) is 4.40. The second-order valence-electron chi connectivity index (χ2n) is 5.21. The van der Waals surface area contributed by atoms with Gasteiger partial charge >= 0.3 is 0 Å². The summed E-state index contributed by atoms with van der Waals surface area (Å²) in [6.07, 6.45) is 5.77. The Hall–Kier alpha value is -0.180. The smallest absolute Gasteiger partial charge is 0.223 e. The van der Waals surface area contributed by atoms with Crippen molar-refractivity contribution in [3.05, 3.63) is 0 Å². The predicted octanol–water partition coefficient (Wildman–Crippen LogP) is 2.35. The van der Waals surface area contributed by atoms with Gasteiger partial charge in [0.1, 0.15) is 0 Å². The van der Waals surface area contributed by atoms with Gasteiger partial charge < -0.3 is 4.90 Å². The molecule has 0 atom stereocenters. The van der Waals surface area contributed by atoms with E-state index in [9.17, 15) is 4.79 Å². The van der Waals surface area contributed by atoms with Gasteiger partial charge in [-0.25, -0.2) is 0 Å². The third-order valence-electron chi connectivity index (χ3n) is 3.73. The average Bonchev–Trinajstić information content (AvgIpc) is 3.10. The van der Waals surface area contributed by atoms with E-state index in [0.717, 1.165) is 31.2 Å². The van der Waals surface area contributed by atoms with Crippen LogP contribution in [0.3, 0.4) is 0 Å². The molecule has 2 rings (SSSR count). The van der Waals surface area contributed by atoms with Crippen molar-refractivity contribution in [2.75, 3.05) is 18.8 Å². The molecule has 86 valence electrons. The summed E-state index contributed by atoms with van der Waals surface area (Å²) in [6, 6.07) is 0. The average molecular weight is 227 g/mol. The molecule has 0 aromatic heterocycles. The van der Waals surface area contributed by atoms with Gasteiger partial charge in [-0.15, -0.1) is 0 Å². The molecule has 0 saturated heterocycles. The van der Waals surface area contributed by atoms with Crippen molar-refractivity contribution in [1.29, 1.82) is 0 Å². The number of hydrogen-bond acceptors (Lipinski definition) is 2. The number of carbonyl (C=O) groups excluding carboxylic acids is 1. The quantitative estimate of drug-likeness (QED) is 0.691. The summed E-state index contributed by atoms with van der Waals surface area (Å²) in [6.45, 7) is 3.95. The highest BCUT2D eigenvalue weighted by Gasteiger charge is 2.43. The lowest BCUT2D eigenvalue weighted by Gasteiger charge is -2.23. The van der Waals surface area contributed by atoms with E-state index in [1.807, 2.05) is 4.90 Å². The molecule has 2 nitrogen and oxygen atoms in total. The van der Waals surface area contributed by atoms with Gasteiger partial charge in [-0.1, -0.05) is 0 Å². The topological polar surface area (TPSA) is 20.3 Å². The van der Waals surface area contributed by atoms with E-state index in [4.69, 9.17) is 0 Å². The maximum Gasteiger partial charge on any atom is 0.223 e. The molecule has 0 aromatic carbocycles. The summed E-state index contributed by atoms with van der Waals surface area (Å²) < 4.78 is 0. The van der Waals surface area contributed by atoms with Crippen molar-refractivity contribution >= 4 is 18.5 Å². The Morgan fingerprint density at radius 2 is 2.13 bits per heavy atom. The fourth-order valence-electron chi connectivity index (χ4n) is 2.02. The van der Waals surface area contributed by atoms with Crippen molar-refractivity contribution in [2.45, 2.75) is 39.0 Å². The molecule has 0 radical (unpaired) electrons. The lowest BCUT2D eigenvalue weighted by atomic mass is 10.0. The van der Waals surface area contributed by atoms with Gasteiger partial charge in [0.15, 0.2) is 0 Å². The minimum absolute atomic E-state index is 0.275. The largest absolute Gasteiger partial charge is 0.343 e. The first-order chi connectivity index (χ1) is 7.19. The Morgan fingerprint density at radius 1 is 1.47 bits per heavy atom. The molecule has 0 N–H and O–H groups in total. The highest BCUT2D eigenvalue weighted by molar-refractivity contribution is 7.80. The van der Waals surface area contributed by atoms with Crippen LogP contribution in [0.15, 0.2) is 0 Å². The van der Waals surface area contributed by atoms with Crippen molar-refractivity contribution < 1.29 is 4.79 Å². The normalized spacial score (nSPS) is 22.5. The molecule has 1 amide bonds. The van der Waals surface area contributed by atoms with E-state index < -0.39 is 0 Å². The van der Waals surface area contributed by atoms with Crippen LogP contribution in [0.4, 0.5) is 0 Å². The van der Waals surface area contributed by atoms with Crippen LogP contribution in [0.5, 0.6) is 0 Å². The first-order valence-corrected chi connectivity index (χ1v) is 6.71. The van der Waals surface area contributed by atoms with Crippen LogP contribution >= 0.6 is 12.6 Å². The van der Waals surface area contributed by atoms with Crippen LogP contribution in [0.25, 0.3) is 0 Å². The van der Waals surface area contributed by atoms with Crippen LogP contribution in [0.1, 0.15) is 39.0 Å². The fourth-order valence-corrected chi connectivity index (χ4v) is 2.45. The number of amides is 1. The monoisotopic (exact) mass is 227 g/mol. The van der Waals surface area contributed by atoms with Gasteiger partial charge in [0.25, 0.3) is 0 Å². The Bertz CT molecular complexity index is 246. The third kappa shape index (κ3) is 2.90. The molecular formula is C12H21NOS. The van der Waals surface area contributed by atoms with Gasteiger partial charge in [0.2, 0.25) is 5.91 Å². The first kappa shape index (κ1) is 11.3. The van der Waals surface area contributed by atoms with Crippen molar-refractivity contribution in [3.8, 4) is 0 Å². The zero-order valence-corrected chi connectivity index (χ0v) is 10.4. The van der Waals surface area contributed by atoms with Crippen LogP contribution in [-0.2, 0) is 4.79 Å². The molecule has 0 bridgehead atoms. The van der Waals surface area contributed by atoms with E-state index in [1.165, 1.54) is 25.7 Å². The lowest BCUT2D eigenvalue weighted by Crippen LogP contribution is -2.34. The minimum atomic E-state index is 0.275. The summed E-state index contributed by atoms with van der Waals surface area (Å²) >= 11 is 4.35. The highest BCUT2D eigenvalue weighted by Crippen LogP contribution is 2.49. The Labute approximate surface area is 97.8 Å². The minimum Gasteiger partial charge on any atom is -0.343 e. The second-order valence-corrected chi connectivity index (χ2v) is 5.53. The number of nitrogens with zero attached hydrogens (tertiary/aromatic N) is 1. The molecule has 2 aliphatic carbocycles. The molecule has 0 unspecified atom stereocenters. The lowest BCUT2D eigenvalue weighted by molar-refractivity contribution is -0.132. The maximum absolute atomic E-state index is 12.0. The van der Waals surface area contributed by atoms with Crippen LogP contribution < -0.4 is 0 Å². The highest BCUT2D eigenvalue weighted by atomic mass is 32.1. The summed E-state index contributed by atoms with van der Waals surface area (Å²) in [5.74, 6) is 2.04. The van der Waals surface area contributed by atoms with E-state index >= 15 is 0 Å².